The van der Waals surface area contributed by atoms with Crippen LogP contribution in [0.3, 0.4) is 0 Å². The second kappa shape index (κ2) is 8.82. The molecule has 2 heteroatoms. The van der Waals surface area contributed by atoms with Crippen LogP contribution in [-0.4, -0.2) is 13.0 Å². The molecule has 3 aromatic carbocycles. The highest BCUT2D eigenvalue weighted by Crippen LogP contribution is 2.44. The summed E-state index contributed by atoms with van der Waals surface area (Å²) in [5.74, 6) is 0.629. The molecule has 5 rings (SSSR count). The Hall–Kier alpha value is -2.32. The molecule has 3 aromatic rings. The summed E-state index contributed by atoms with van der Waals surface area (Å²) in [5, 5.41) is 2.66. The van der Waals surface area contributed by atoms with Gasteiger partial charge in [-0.2, -0.15) is 0 Å². The van der Waals surface area contributed by atoms with Crippen LogP contribution in [0.1, 0.15) is 63.0 Å². The van der Waals surface area contributed by atoms with Gasteiger partial charge < -0.3 is 4.65 Å². The number of hydrogen-bond donors (Lipinski definition) is 0. The summed E-state index contributed by atoms with van der Waals surface area (Å²) >= 11 is 0. The van der Waals surface area contributed by atoms with E-state index in [1.165, 1.54) is 71.5 Å². The van der Waals surface area contributed by atoms with E-state index in [4.69, 9.17) is 4.65 Å². The third-order valence-electron chi connectivity index (χ3n) is 7.13. The molecule has 0 spiro atoms. The molecule has 30 heavy (non-hydrogen) atoms. The van der Waals surface area contributed by atoms with Crippen LogP contribution in [0.25, 0.3) is 21.8 Å². The van der Waals surface area contributed by atoms with Crippen molar-refractivity contribution < 1.29 is 4.65 Å². The molecule has 152 valence electrons. The highest BCUT2D eigenvalue weighted by atomic mass is 16.4. The Balaban J connectivity index is 1.75. The molecule has 0 aromatic heterocycles. The van der Waals surface area contributed by atoms with E-state index in [9.17, 15) is 0 Å². The van der Waals surface area contributed by atoms with E-state index in [0.29, 0.717) is 11.9 Å². The topological polar surface area (TPSA) is 9.23 Å². The van der Waals surface area contributed by atoms with Gasteiger partial charge in [0.1, 0.15) is 0 Å². The highest BCUT2D eigenvalue weighted by molar-refractivity contribution is 6.77. The van der Waals surface area contributed by atoms with Crippen molar-refractivity contribution >= 4 is 28.7 Å². The molecule has 2 saturated heterocycles. The number of benzene rings is 3. The fraction of sp³-hybridized carbons (Fsp3) is 0.357. The van der Waals surface area contributed by atoms with Crippen molar-refractivity contribution in [3.05, 3.63) is 83.9 Å². The first kappa shape index (κ1) is 19.6. The SMILES string of the molecule is CC/C(=C(/B1OC2CCCC1CCC2)c1ccccc1)c1cccc2ccccc12. The fourth-order valence-electron chi connectivity index (χ4n) is 5.71. The summed E-state index contributed by atoms with van der Waals surface area (Å²) in [7, 11) is 0. The predicted molar refractivity (Wildman–Crippen MR) is 130 cm³/mol. The monoisotopic (exact) mass is 394 g/mol. The lowest BCUT2D eigenvalue weighted by atomic mass is 9.46. The summed E-state index contributed by atoms with van der Waals surface area (Å²) in [4.78, 5) is 0. The maximum Gasteiger partial charge on any atom is 0.331 e. The Kier molecular flexibility index (Phi) is 5.77. The van der Waals surface area contributed by atoms with Crippen molar-refractivity contribution in [2.45, 2.75) is 63.8 Å². The Morgan fingerprint density at radius 3 is 2.30 bits per heavy atom. The first-order chi connectivity index (χ1) is 14.8. The predicted octanol–water partition coefficient (Wildman–Crippen LogP) is 7.81. The van der Waals surface area contributed by atoms with Gasteiger partial charge in [-0.25, -0.2) is 0 Å². The van der Waals surface area contributed by atoms with Crippen LogP contribution in [0, 0.1) is 0 Å². The molecule has 2 bridgehead atoms. The number of fused-ring (bicyclic) bond motifs is 4. The zero-order valence-corrected chi connectivity index (χ0v) is 18.0. The van der Waals surface area contributed by atoms with Gasteiger partial charge >= 0.3 is 6.92 Å². The number of hydrogen-bond acceptors (Lipinski definition) is 1. The molecule has 0 saturated carbocycles. The van der Waals surface area contributed by atoms with E-state index in [1.54, 1.807) is 0 Å². The molecule has 0 unspecified atom stereocenters. The van der Waals surface area contributed by atoms with E-state index < -0.39 is 0 Å². The van der Waals surface area contributed by atoms with Gasteiger partial charge in [-0.15, -0.1) is 0 Å². The molecule has 2 fully saturated rings. The van der Waals surface area contributed by atoms with Gasteiger partial charge in [0.15, 0.2) is 0 Å². The standard InChI is InChI=1S/C28H31BO/c1-2-25(27-20-8-14-21-11-6-7-19-26(21)27)28(22-12-4-3-5-13-22)29-23-15-9-17-24(30-29)18-10-16-23/h3-8,11-14,19-20,23-24H,2,9-10,15-18H2,1H3/b28-25-. The lowest BCUT2D eigenvalue weighted by molar-refractivity contribution is 0.191. The number of allylic oxidation sites excluding steroid dienone is 1. The molecule has 0 radical (unpaired) electrons. The van der Waals surface area contributed by atoms with Crippen LogP contribution in [0.4, 0.5) is 0 Å². The summed E-state index contributed by atoms with van der Waals surface area (Å²) < 4.78 is 6.91. The minimum Gasteiger partial charge on any atom is -0.428 e. The first-order valence-corrected chi connectivity index (χ1v) is 11.8. The van der Waals surface area contributed by atoms with Crippen LogP contribution in [0.15, 0.2) is 72.8 Å². The van der Waals surface area contributed by atoms with E-state index in [0.717, 1.165) is 6.42 Å². The van der Waals surface area contributed by atoms with E-state index in [-0.39, 0.29) is 6.92 Å². The second-order valence-corrected chi connectivity index (χ2v) is 8.94. The molecule has 2 aliphatic heterocycles. The van der Waals surface area contributed by atoms with Crippen LogP contribution in [0.2, 0.25) is 5.82 Å². The Labute approximate surface area is 181 Å². The van der Waals surface area contributed by atoms with E-state index >= 15 is 0 Å². The fourth-order valence-corrected chi connectivity index (χ4v) is 5.71. The molecule has 0 amide bonds. The Morgan fingerprint density at radius 1 is 0.833 bits per heavy atom. The van der Waals surface area contributed by atoms with E-state index in [2.05, 4.69) is 79.7 Å². The minimum atomic E-state index is 0.205. The third-order valence-corrected chi connectivity index (χ3v) is 7.13. The lowest BCUT2D eigenvalue weighted by Gasteiger charge is -2.27. The summed E-state index contributed by atoms with van der Waals surface area (Å²) in [5.41, 5.74) is 5.60. The average Bonchev–Trinajstić information content (AvgIpc) is 3.10. The smallest absolute Gasteiger partial charge is 0.331 e. The lowest BCUT2D eigenvalue weighted by Crippen LogP contribution is -2.28. The van der Waals surface area contributed by atoms with Gasteiger partial charge in [-0.1, -0.05) is 105 Å². The van der Waals surface area contributed by atoms with Crippen molar-refractivity contribution in [3.63, 3.8) is 0 Å². The highest BCUT2D eigenvalue weighted by Gasteiger charge is 2.39. The van der Waals surface area contributed by atoms with Gasteiger partial charge in [0.2, 0.25) is 0 Å². The van der Waals surface area contributed by atoms with Gasteiger partial charge in [0.25, 0.3) is 0 Å². The average molecular weight is 394 g/mol. The van der Waals surface area contributed by atoms with Gasteiger partial charge in [-0.3, -0.25) is 0 Å². The molecule has 0 aliphatic carbocycles. The van der Waals surface area contributed by atoms with Crippen LogP contribution in [0.5, 0.6) is 0 Å². The largest absolute Gasteiger partial charge is 0.428 e. The van der Waals surface area contributed by atoms with Crippen molar-refractivity contribution in [2.75, 3.05) is 0 Å². The third kappa shape index (κ3) is 3.74. The summed E-state index contributed by atoms with van der Waals surface area (Å²) in [6, 6.07) is 26.6. The molecule has 2 heterocycles. The molecule has 1 nitrogen and oxygen atoms in total. The quantitative estimate of drug-likeness (QED) is 0.324. The van der Waals surface area contributed by atoms with E-state index in [1.807, 2.05) is 0 Å². The van der Waals surface area contributed by atoms with Crippen molar-refractivity contribution in [2.24, 2.45) is 0 Å². The normalized spacial score (nSPS) is 22.5. The number of rotatable bonds is 4. The zero-order chi connectivity index (χ0) is 20.3. The van der Waals surface area contributed by atoms with Crippen LogP contribution in [-0.2, 0) is 4.65 Å². The molecule has 0 N–H and O–H groups in total. The van der Waals surface area contributed by atoms with Crippen molar-refractivity contribution in [1.29, 1.82) is 0 Å². The maximum absolute atomic E-state index is 6.91. The summed E-state index contributed by atoms with van der Waals surface area (Å²) in [6.07, 6.45) is 9.10. The van der Waals surface area contributed by atoms with Gasteiger partial charge in [-0.05, 0) is 58.0 Å². The van der Waals surface area contributed by atoms with Gasteiger partial charge in [0.05, 0.1) is 0 Å². The zero-order valence-electron chi connectivity index (χ0n) is 18.0. The molecular weight excluding hydrogens is 363 g/mol. The minimum absolute atomic E-state index is 0.205. The van der Waals surface area contributed by atoms with Crippen LogP contribution >= 0.6 is 0 Å². The van der Waals surface area contributed by atoms with Gasteiger partial charge in [0, 0.05) is 6.10 Å². The van der Waals surface area contributed by atoms with Crippen LogP contribution < -0.4 is 0 Å². The molecule has 0 atom stereocenters. The maximum atomic E-state index is 6.91. The molecular formula is C28H31BO. The first-order valence-electron chi connectivity index (χ1n) is 11.8. The Morgan fingerprint density at radius 2 is 1.53 bits per heavy atom. The van der Waals surface area contributed by atoms with Crippen molar-refractivity contribution in [1.82, 2.24) is 0 Å². The summed E-state index contributed by atoms with van der Waals surface area (Å²) in [6.45, 7) is 2.51. The Bertz CT molecular complexity index is 1020. The molecule has 2 aliphatic rings. The van der Waals surface area contributed by atoms with Crippen molar-refractivity contribution in [3.8, 4) is 0 Å². The second-order valence-electron chi connectivity index (χ2n) is 8.94.